The van der Waals surface area contributed by atoms with E-state index < -0.39 is 5.82 Å². The van der Waals surface area contributed by atoms with Gasteiger partial charge in [-0.3, -0.25) is 4.79 Å². The standard InChI is InChI=1S/C15H12Br2FNO/c1-9(10-2-4-11(16)5-3-10)19-15(20)13-8-12(18)6-7-14(13)17/h2-9H,1H3,(H,19,20)/t9-/m0/s1. The molecule has 2 aromatic carbocycles. The number of carbonyl (C=O) groups is 1. The summed E-state index contributed by atoms with van der Waals surface area (Å²) in [7, 11) is 0. The van der Waals surface area contributed by atoms with Crippen LogP contribution in [0.3, 0.4) is 0 Å². The summed E-state index contributed by atoms with van der Waals surface area (Å²) in [5, 5.41) is 2.85. The van der Waals surface area contributed by atoms with Crippen LogP contribution in [0.4, 0.5) is 4.39 Å². The first-order valence-electron chi connectivity index (χ1n) is 5.99. The maximum Gasteiger partial charge on any atom is 0.253 e. The van der Waals surface area contributed by atoms with E-state index in [0.29, 0.717) is 4.47 Å². The number of amides is 1. The van der Waals surface area contributed by atoms with Gasteiger partial charge in [0.2, 0.25) is 0 Å². The van der Waals surface area contributed by atoms with Crippen molar-refractivity contribution in [2.24, 2.45) is 0 Å². The highest BCUT2D eigenvalue weighted by molar-refractivity contribution is 9.10. The molecular weight excluding hydrogens is 389 g/mol. The summed E-state index contributed by atoms with van der Waals surface area (Å²) in [5.74, 6) is -0.749. The van der Waals surface area contributed by atoms with Crippen LogP contribution >= 0.6 is 31.9 Å². The topological polar surface area (TPSA) is 29.1 Å². The smallest absolute Gasteiger partial charge is 0.253 e. The molecule has 2 rings (SSSR count). The highest BCUT2D eigenvalue weighted by Crippen LogP contribution is 2.20. The summed E-state index contributed by atoms with van der Waals surface area (Å²) >= 11 is 6.62. The molecule has 0 spiro atoms. The van der Waals surface area contributed by atoms with E-state index in [4.69, 9.17) is 0 Å². The van der Waals surface area contributed by atoms with E-state index in [1.54, 1.807) is 0 Å². The largest absolute Gasteiger partial charge is 0.345 e. The van der Waals surface area contributed by atoms with Gasteiger partial charge in [-0.25, -0.2) is 4.39 Å². The van der Waals surface area contributed by atoms with Gasteiger partial charge < -0.3 is 5.32 Å². The molecule has 0 saturated heterocycles. The maximum absolute atomic E-state index is 13.2. The number of hydrogen-bond donors (Lipinski definition) is 1. The minimum absolute atomic E-state index is 0.161. The molecule has 0 fully saturated rings. The van der Waals surface area contributed by atoms with Crippen LogP contribution in [0.1, 0.15) is 28.9 Å². The zero-order valence-electron chi connectivity index (χ0n) is 10.7. The van der Waals surface area contributed by atoms with Crippen LogP contribution in [-0.4, -0.2) is 5.91 Å². The first-order valence-corrected chi connectivity index (χ1v) is 7.57. The van der Waals surface area contributed by atoms with Crippen molar-refractivity contribution in [3.63, 3.8) is 0 Å². The normalized spacial score (nSPS) is 12.0. The summed E-state index contributed by atoms with van der Waals surface area (Å²) in [6, 6.07) is 11.6. The van der Waals surface area contributed by atoms with Crippen molar-refractivity contribution in [1.82, 2.24) is 5.32 Å². The minimum Gasteiger partial charge on any atom is -0.345 e. The Morgan fingerprint density at radius 1 is 1.15 bits per heavy atom. The molecule has 0 radical (unpaired) electrons. The molecule has 0 aliphatic rings. The molecule has 0 heterocycles. The van der Waals surface area contributed by atoms with Crippen LogP contribution in [0.25, 0.3) is 0 Å². The summed E-state index contributed by atoms with van der Waals surface area (Å²) in [6.07, 6.45) is 0. The van der Waals surface area contributed by atoms with Gasteiger partial charge in [0, 0.05) is 8.95 Å². The summed E-state index contributed by atoms with van der Waals surface area (Å²) in [5.41, 5.74) is 1.27. The molecular formula is C15H12Br2FNO. The van der Waals surface area contributed by atoms with Crippen LogP contribution in [0.15, 0.2) is 51.4 Å². The third kappa shape index (κ3) is 3.67. The van der Waals surface area contributed by atoms with E-state index in [-0.39, 0.29) is 17.5 Å². The Morgan fingerprint density at radius 2 is 1.80 bits per heavy atom. The fourth-order valence-electron chi connectivity index (χ4n) is 1.78. The van der Waals surface area contributed by atoms with Gasteiger partial charge >= 0.3 is 0 Å². The van der Waals surface area contributed by atoms with E-state index in [1.165, 1.54) is 18.2 Å². The van der Waals surface area contributed by atoms with Gasteiger partial charge in [0.25, 0.3) is 5.91 Å². The van der Waals surface area contributed by atoms with Crippen LogP contribution in [0.2, 0.25) is 0 Å². The first-order chi connectivity index (χ1) is 9.47. The fraction of sp³-hybridized carbons (Fsp3) is 0.133. The lowest BCUT2D eigenvalue weighted by Crippen LogP contribution is -2.27. The van der Waals surface area contributed by atoms with Gasteiger partial charge in [-0.2, -0.15) is 0 Å². The minimum atomic E-state index is -0.436. The summed E-state index contributed by atoms with van der Waals surface area (Å²) in [6.45, 7) is 1.88. The lowest BCUT2D eigenvalue weighted by molar-refractivity contribution is 0.0938. The Labute approximate surface area is 133 Å². The van der Waals surface area contributed by atoms with Crippen molar-refractivity contribution in [2.75, 3.05) is 0 Å². The summed E-state index contributed by atoms with van der Waals surface area (Å²) < 4.78 is 14.8. The van der Waals surface area contributed by atoms with Crippen LogP contribution in [0, 0.1) is 5.82 Å². The van der Waals surface area contributed by atoms with Crippen molar-refractivity contribution in [1.29, 1.82) is 0 Å². The molecule has 0 bridgehead atoms. The molecule has 0 aliphatic carbocycles. The molecule has 1 N–H and O–H groups in total. The van der Waals surface area contributed by atoms with Gasteiger partial charge in [0.1, 0.15) is 5.82 Å². The monoisotopic (exact) mass is 399 g/mol. The number of nitrogens with one attached hydrogen (secondary N) is 1. The summed E-state index contributed by atoms with van der Waals surface area (Å²) in [4.78, 5) is 12.2. The van der Waals surface area contributed by atoms with Crippen LogP contribution in [0.5, 0.6) is 0 Å². The molecule has 1 atom stereocenters. The highest BCUT2D eigenvalue weighted by Gasteiger charge is 2.14. The zero-order chi connectivity index (χ0) is 14.7. The molecule has 5 heteroatoms. The zero-order valence-corrected chi connectivity index (χ0v) is 13.8. The first kappa shape index (κ1) is 15.2. The number of halogens is 3. The van der Waals surface area contributed by atoms with Crippen LogP contribution in [-0.2, 0) is 0 Å². The predicted molar refractivity (Wildman–Crippen MR) is 84.1 cm³/mol. The average molecular weight is 401 g/mol. The van der Waals surface area contributed by atoms with Gasteiger partial charge in [-0.1, -0.05) is 28.1 Å². The highest BCUT2D eigenvalue weighted by atomic mass is 79.9. The second kappa shape index (κ2) is 6.50. The van der Waals surface area contributed by atoms with E-state index in [0.717, 1.165) is 10.0 Å². The number of hydrogen-bond acceptors (Lipinski definition) is 1. The van der Waals surface area contributed by atoms with Crippen molar-refractivity contribution >= 4 is 37.8 Å². The Kier molecular flexibility index (Phi) is 4.94. The number of rotatable bonds is 3. The SMILES string of the molecule is C[C@H](NC(=O)c1cc(F)ccc1Br)c1ccc(Br)cc1. The lowest BCUT2D eigenvalue weighted by atomic mass is 10.1. The number of benzene rings is 2. The van der Waals surface area contributed by atoms with Gasteiger partial charge in [-0.15, -0.1) is 0 Å². The van der Waals surface area contributed by atoms with Crippen molar-refractivity contribution in [3.05, 3.63) is 68.4 Å². The Morgan fingerprint density at radius 3 is 2.45 bits per heavy atom. The van der Waals surface area contributed by atoms with Crippen molar-refractivity contribution < 1.29 is 9.18 Å². The molecule has 0 aromatic heterocycles. The molecule has 0 unspecified atom stereocenters. The van der Waals surface area contributed by atoms with Crippen molar-refractivity contribution in [2.45, 2.75) is 13.0 Å². The van der Waals surface area contributed by atoms with Crippen molar-refractivity contribution in [3.8, 4) is 0 Å². The molecule has 0 aliphatic heterocycles. The second-order valence-corrected chi connectivity index (χ2v) is 6.14. The Balaban J connectivity index is 2.15. The Hall–Kier alpha value is -1.20. The lowest BCUT2D eigenvalue weighted by Gasteiger charge is -2.15. The van der Waals surface area contributed by atoms with E-state index >= 15 is 0 Å². The molecule has 104 valence electrons. The van der Waals surface area contributed by atoms with Gasteiger partial charge in [-0.05, 0) is 58.7 Å². The van der Waals surface area contributed by atoms with E-state index in [1.807, 2.05) is 31.2 Å². The molecule has 0 saturated carbocycles. The number of carbonyl (C=O) groups excluding carboxylic acids is 1. The predicted octanol–water partition coefficient (Wildman–Crippen LogP) is 4.84. The van der Waals surface area contributed by atoms with E-state index in [2.05, 4.69) is 37.2 Å². The Bertz CT molecular complexity index is 628. The third-order valence-corrected chi connectivity index (χ3v) is 4.11. The van der Waals surface area contributed by atoms with Crippen LogP contribution < -0.4 is 5.32 Å². The third-order valence-electron chi connectivity index (χ3n) is 2.89. The van der Waals surface area contributed by atoms with Gasteiger partial charge in [0.05, 0.1) is 11.6 Å². The fourth-order valence-corrected chi connectivity index (χ4v) is 2.47. The van der Waals surface area contributed by atoms with Gasteiger partial charge in [0.15, 0.2) is 0 Å². The average Bonchev–Trinajstić information content (AvgIpc) is 2.42. The molecule has 20 heavy (non-hydrogen) atoms. The molecule has 1 amide bonds. The quantitative estimate of drug-likeness (QED) is 0.784. The second-order valence-electron chi connectivity index (χ2n) is 4.37. The molecule has 2 nitrogen and oxygen atoms in total. The van der Waals surface area contributed by atoms with E-state index in [9.17, 15) is 9.18 Å². The maximum atomic E-state index is 13.2. The molecule has 2 aromatic rings.